The number of anilines is 1. The molecule has 0 aliphatic carbocycles. The standard InChI is InChI=1S/C22H27N3O4S.ClH/c1-24(2)13-14-25(19(26)12-15-29-16-8-6-5-7-9-16)22-23-20-17(27-3)10-11-18(28-4)21(20)30-22;/h5-11H,12-15H2,1-4H3;1H. The lowest BCUT2D eigenvalue weighted by molar-refractivity contribution is -0.119. The van der Waals surface area contributed by atoms with E-state index in [0.29, 0.717) is 35.3 Å². The number of halogens is 1. The number of nitrogens with zero attached hydrogens (tertiary/aromatic N) is 3. The van der Waals surface area contributed by atoms with Gasteiger partial charge in [0.1, 0.15) is 27.5 Å². The van der Waals surface area contributed by atoms with Gasteiger partial charge in [-0.25, -0.2) is 4.98 Å². The molecule has 3 rings (SSSR count). The summed E-state index contributed by atoms with van der Waals surface area (Å²) in [4.78, 5) is 21.5. The van der Waals surface area contributed by atoms with Crippen LogP contribution in [0.1, 0.15) is 6.42 Å². The summed E-state index contributed by atoms with van der Waals surface area (Å²) in [5.41, 5.74) is 0.694. The molecule has 1 aromatic heterocycles. The molecule has 0 bridgehead atoms. The molecule has 168 valence electrons. The monoisotopic (exact) mass is 465 g/mol. The molecule has 0 aliphatic rings. The maximum absolute atomic E-state index is 13.1. The number of methoxy groups -OCH3 is 2. The van der Waals surface area contributed by atoms with E-state index in [4.69, 9.17) is 19.2 Å². The van der Waals surface area contributed by atoms with E-state index in [2.05, 4.69) is 0 Å². The second kappa shape index (κ2) is 11.7. The number of fused-ring (bicyclic) bond motifs is 1. The van der Waals surface area contributed by atoms with Crippen molar-refractivity contribution in [3.05, 3.63) is 42.5 Å². The zero-order valence-electron chi connectivity index (χ0n) is 18.2. The minimum atomic E-state index is -0.0372. The van der Waals surface area contributed by atoms with Crippen molar-refractivity contribution in [2.24, 2.45) is 0 Å². The zero-order valence-corrected chi connectivity index (χ0v) is 19.8. The van der Waals surface area contributed by atoms with Crippen LogP contribution in [-0.4, -0.2) is 63.8 Å². The maximum Gasteiger partial charge on any atom is 0.232 e. The van der Waals surface area contributed by atoms with Crippen LogP contribution in [0.2, 0.25) is 0 Å². The Bertz CT molecular complexity index is 941. The Balaban J connectivity index is 0.00000341. The lowest BCUT2D eigenvalue weighted by Gasteiger charge is -2.22. The number of amides is 1. The molecule has 0 saturated heterocycles. The van der Waals surface area contributed by atoms with Gasteiger partial charge >= 0.3 is 0 Å². The number of rotatable bonds is 10. The first kappa shape index (κ1) is 24.7. The minimum absolute atomic E-state index is 0. The third kappa shape index (κ3) is 6.22. The van der Waals surface area contributed by atoms with Gasteiger partial charge in [-0.05, 0) is 38.4 Å². The highest BCUT2D eigenvalue weighted by atomic mass is 35.5. The molecule has 2 aromatic carbocycles. The Kier molecular flexibility index (Phi) is 9.36. The summed E-state index contributed by atoms with van der Waals surface area (Å²) in [5, 5.41) is 0.624. The number of likely N-dealkylation sites (N-methyl/N-ethyl adjacent to an activating group) is 1. The SMILES string of the molecule is COc1ccc(OC)c2sc(N(CCN(C)C)C(=O)CCOc3ccccc3)nc12.Cl. The summed E-state index contributed by atoms with van der Waals surface area (Å²) in [5.74, 6) is 2.08. The summed E-state index contributed by atoms with van der Waals surface area (Å²) in [6, 6.07) is 13.2. The predicted molar refractivity (Wildman–Crippen MR) is 127 cm³/mol. The molecule has 0 radical (unpaired) electrons. The Hall–Kier alpha value is -2.55. The highest BCUT2D eigenvalue weighted by molar-refractivity contribution is 7.22. The molecule has 0 saturated carbocycles. The molecule has 7 nitrogen and oxygen atoms in total. The molecule has 1 heterocycles. The quantitative estimate of drug-likeness (QED) is 0.449. The first-order chi connectivity index (χ1) is 14.5. The molecule has 3 aromatic rings. The van der Waals surface area contributed by atoms with Gasteiger partial charge in [-0.3, -0.25) is 9.69 Å². The molecule has 9 heteroatoms. The average molecular weight is 466 g/mol. The summed E-state index contributed by atoms with van der Waals surface area (Å²) in [7, 11) is 7.18. The zero-order chi connectivity index (χ0) is 21.5. The number of hydrogen-bond donors (Lipinski definition) is 0. The minimum Gasteiger partial charge on any atom is -0.495 e. The van der Waals surface area contributed by atoms with Crippen LogP contribution >= 0.6 is 23.7 Å². The largest absolute Gasteiger partial charge is 0.495 e. The molecule has 0 fully saturated rings. The fourth-order valence-electron chi connectivity index (χ4n) is 2.92. The van der Waals surface area contributed by atoms with Crippen molar-refractivity contribution >= 4 is 45.0 Å². The van der Waals surface area contributed by atoms with Crippen LogP contribution in [0.3, 0.4) is 0 Å². The second-order valence-electron chi connectivity index (χ2n) is 6.90. The smallest absolute Gasteiger partial charge is 0.232 e. The second-order valence-corrected chi connectivity index (χ2v) is 7.88. The Labute approximate surface area is 192 Å². The molecule has 31 heavy (non-hydrogen) atoms. The van der Waals surface area contributed by atoms with E-state index in [-0.39, 0.29) is 24.7 Å². The van der Waals surface area contributed by atoms with Crippen molar-refractivity contribution in [2.75, 3.05) is 52.9 Å². The summed E-state index contributed by atoms with van der Waals surface area (Å²) >= 11 is 1.43. The van der Waals surface area contributed by atoms with Gasteiger partial charge in [0.25, 0.3) is 0 Å². The summed E-state index contributed by atoms with van der Waals surface area (Å²) in [6.45, 7) is 1.55. The van der Waals surface area contributed by atoms with Crippen molar-refractivity contribution in [3.8, 4) is 17.2 Å². The summed E-state index contributed by atoms with van der Waals surface area (Å²) in [6.07, 6.45) is 0.256. The van der Waals surface area contributed by atoms with E-state index in [9.17, 15) is 4.79 Å². The van der Waals surface area contributed by atoms with Crippen molar-refractivity contribution in [2.45, 2.75) is 6.42 Å². The van der Waals surface area contributed by atoms with Crippen LogP contribution in [0.15, 0.2) is 42.5 Å². The van der Waals surface area contributed by atoms with E-state index >= 15 is 0 Å². The lowest BCUT2D eigenvalue weighted by atomic mass is 10.3. The first-order valence-electron chi connectivity index (χ1n) is 9.68. The van der Waals surface area contributed by atoms with Gasteiger partial charge in [0.05, 0.1) is 27.2 Å². The number of carbonyl (C=O) groups excluding carboxylic acids is 1. The third-order valence-corrected chi connectivity index (χ3v) is 5.62. The lowest BCUT2D eigenvalue weighted by Crippen LogP contribution is -2.37. The van der Waals surface area contributed by atoms with E-state index in [1.54, 1.807) is 19.1 Å². The number of thiazole rings is 1. The van der Waals surface area contributed by atoms with Crippen molar-refractivity contribution in [1.82, 2.24) is 9.88 Å². The highest BCUT2D eigenvalue weighted by Gasteiger charge is 2.22. The molecule has 0 aliphatic heterocycles. The van der Waals surface area contributed by atoms with Gasteiger partial charge < -0.3 is 19.1 Å². The molecule has 0 N–H and O–H groups in total. The topological polar surface area (TPSA) is 64.1 Å². The van der Waals surface area contributed by atoms with Gasteiger partial charge in [0, 0.05) is 13.1 Å². The number of para-hydroxylation sites is 1. The fraction of sp³-hybridized carbons (Fsp3) is 0.364. The number of hydrogen-bond acceptors (Lipinski definition) is 7. The van der Waals surface area contributed by atoms with Crippen LogP contribution in [0.4, 0.5) is 5.13 Å². The van der Waals surface area contributed by atoms with E-state index in [0.717, 1.165) is 17.0 Å². The third-order valence-electron chi connectivity index (χ3n) is 4.53. The Morgan fingerprint density at radius 3 is 2.32 bits per heavy atom. The van der Waals surface area contributed by atoms with Gasteiger partial charge in [-0.15, -0.1) is 12.4 Å². The normalized spacial score (nSPS) is 10.6. The van der Waals surface area contributed by atoms with Crippen LogP contribution in [0.25, 0.3) is 10.2 Å². The average Bonchev–Trinajstić information content (AvgIpc) is 3.18. The van der Waals surface area contributed by atoms with Crippen molar-refractivity contribution in [3.63, 3.8) is 0 Å². The molecular weight excluding hydrogens is 438 g/mol. The van der Waals surface area contributed by atoms with Gasteiger partial charge in [-0.2, -0.15) is 0 Å². The molecule has 1 amide bonds. The maximum atomic E-state index is 13.1. The van der Waals surface area contributed by atoms with Gasteiger partial charge in [-0.1, -0.05) is 29.5 Å². The van der Waals surface area contributed by atoms with Crippen LogP contribution in [0.5, 0.6) is 17.2 Å². The molecule has 0 unspecified atom stereocenters. The fourth-order valence-corrected chi connectivity index (χ4v) is 4.04. The van der Waals surface area contributed by atoms with E-state index in [1.807, 2.05) is 61.5 Å². The molecular formula is C22H28ClN3O4S. The summed E-state index contributed by atoms with van der Waals surface area (Å²) < 4.78 is 17.5. The Morgan fingerprint density at radius 1 is 1.00 bits per heavy atom. The molecule has 0 atom stereocenters. The van der Waals surface area contributed by atoms with Crippen LogP contribution < -0.4 is 19.1 Å². The van der Waals surface area contributed by atoms with Gasteiger partial charge in [0.2, 0.25) is 5.91 Å². The first-order valence-corrected chi connectivity index (χ1v) is 10.5. The van der Waals surface area contributed by atoms with E-state index in [1.165, 1.54) is 11.3 Å². The van der Waals surface area contributed by atoms with E-state index < -0.39 is 0 Å². The van der Waals surface area contributed by atoms with Crippen molar-refractivity contribution in [1.29, 1.82) is 0 Å². The number of benzene rings is 2. The number of ether oxygens (including phenoxy) is 3. The van der Waals surface area contributed by atoms with Crippen molar-refractivity contribution < 1.29 is 19.0 Å². The number of carbonyl (C=O) groups is 1. The predicted octanol–water partition coefficient (Wildman–Crippen LogP) is 4.10. The molecule has 0 spiro atoms. The Morgan fingerprint density at radius 2 is 1.68 bits per heavy atom. The van der Waals surface area contributed by atoms with Gasteiger partial charge in [0.15, 0.2) is 5.13 Å². The van der Waals surface area contributed by atoms with Crippen LogP contribution in [-0.2, 0) is 4.79 Å². The number of aromatic nitrogens is 1. The van der Waals surface area contributed by atoms with Crippen LogP contribution in [0, 0.1) is 0 Å². The highest BCUT2D eigenvalue weighted by Crippen LogP contribution is 2.40.